The Balaban J connectivity index is 1.36. The average Bonchev–Trinajstić information content (AvgIpc) is 2.78. The molecule has 1 N–H and O–H groups in total. The number of piperazine rings is 1. The summed E-state index contributed by atoms with van der Waals surface area (Å²) in [5.41, 5.74) is 3.77. The largest absolute Gasteiger partial charge is 0.368 e. The lowest BCUT2D eigenvalue weighted by atomic mass is 10.2. The van der Waals surface area contributed by atoms with E-state index in [-0.39, 0.29) is 5.91 Å². The Hall–Kier alpha value is -3.48. The lowest BCUT2D eigenvalue weighted by Crippen LogP contribution is -2.49. The molecule has 0 bridgehead atoms. The summed E-state index contributed by atoms with van der Waals surface area (Å²) in [6.07, 6.45) is 3.18. The summed E-state index contributed by atoms with van der Waals surface area (Å²) in [4.78, 5) is 29.8. The first-order valence-corrected chi connectivity index (χ1v) is 9.76. The zero-order chi connectivity index (χ0) is 20.1. The van der Waals surface area contributed by atoms with Gasteiger partial charge in [0.25, 0.3) is 5.91 Å². The molecular weight excluding hydrogens is 364 g/mol. The molecule has 0 radical (unpaired) electrons. The number of nitrogens with one attached hydrogen (secondary N) is 1. The van der Waals surface area contributed by atoms with Crippen molar-refractivity contribution in [3.05, 3.63) is 78.0 Å². The van der Waals surface area contributed by atoms with Crippen LogP contribution in [0.15, 0.2) is 61.1 Å². The Morgan fingerprint density at radius 1 is 1.00 bits per heavy atom. The molecule has 148 valence electrons. The molecule has 0 saturated carbocycles. The zero-order valence-corrected chi connectivity index (χ0v) is 16.5. The SMILES string of the molecule is Cc1cccc(N2CCN(C(=O)c3cc(NCc4ccccn4)ncn3)CC2)c1. The minimum Gasteiger partial charge on any atom is -0.368 e. The molecule has 0 atom stereocenters. The van der Waals surface area contributed by atoms with Gasteiger partial charge in [-0.05, 0) is 36.8 Å². The van der Waals surface area contributed by atoms with Crippen molar-refractivity contribution in [2.75, 3.05) is 36.4 Å². The highest BCUT2D eigenvalue weighted by atomic mass is 16.2. The Labute approximate surface area is 170 Å². The third-order valence-electron chi connectivity index (χ3n) is 5.00. The molecule has 29 heavy (non-hydrogen) atoms. The molecule has 3 aromatic rings. The smallest absolute Gasteiger partial charge is 0.272 e. The van der Waals surface area contributed by atoms with Crippen LogP contribution in [-0.2, 0) is 6.54 Å². The number of hydrogen-bond donors (Lipinski definition) is 1. The molecule has 7 nitrogen and oxygen atoms in total. The van der Waals surface area contributed by atoms with Crippen LogP contribution in [-0.4, -0.2) is 51.9 Å². The number of carbonyl (C=O) groups excluding carboxylic acids is 1. The predicted octanol–water partition coefficient (Wildman–Crippen LogP) is 2.75. The fourth-order valence-electron chi connectivity index (χ4n) is 3.41. The first-order chi connectivity index (χ1) is 14.2. The van der Waals surface area contributed by atoms with Crippen LogP contribution >= 0.6 is 0 Å². The molecule has 1 aliphatic heterocycles. The average molecular weight is 388 g/mol. The minimum absolute atomic E-state index is 0.0582. The standard InChI is InChI=1S/C22H24N6O/c1-17-5-4-7-19(13-17)27-9-11-28(12-10-27)22(29)20-14-21(26-16-25-20)24-15-18-6-2-3-8-23-18/h2-8,13-14,16H,9-12,15H2,1H3,(H,24,25,26). The lowest BCUT2D eigenvalue weighted by molar-refractivity contribution is 0.0740. The second kappa shape index (κ2) is 8.68. The van der Waals surface area contributed by atoms with Crippen molar-refractivity contribution < 1.29 is 4.79 Å². The normalized spacial score (nSPS) is 14.0. The molecule has 3 heterocycles. The summed E-state index contributed by atoms with van der Waals surface area (Å²) in [7, 11) is 0. The molecule has 1 amide bonds. The van der Waals surface area contributed by atoms with E-state index in [0.717, 1.165) is 18.8 Å². The number of rotatable bonds is 5. The number of anilines is 2. The number of pyridine rings is 1. The van der Waals surface area contributed by atoms with E-state index in [1.165, 1.54) is 17.6 Å². The highest BCUT2D eigenvalue weighted by molar-refractivity contribution is 5.93. The third-order valence-corrected chi connectivity index (χ3v) is 5.00. The molecule has 2 aromatic heterocycles. The fraction of sp³-hybridized carbons (Fsp3) is 0.273. The van der Waals surface area contributed by atoms with E-state index < -0.39 is 0 Å². The van der Waals surface area contributed by atoms with E-state index in [4.69, 9.17) is 0 Å². The fourth-order valence-corrected chi connectivity index (χ4v) is 3.41. The van der Waals surface area contributed by atoms with Gasteiger partial charge < -0.3 is 15.1 Å². The van der Waals surface area contributed by atoms with Gasteiger partial charge in [0, 0.05) is 44.1 Å². The number of amides is 1. The van der Waals surface area contributed by atoms with E-state index in [2.05, 4.69) is 56.4 Å². The van der Waals surface area contributed by atoms with Crippen molar-refractivity contribution in [3.63, 3.8) is 0 Å². The van der Waals surface area contributed by atoms with Gasteiger partial charge in [-0.1, -0.05) is 18.2 Å². The van der Waals surface area contributed by atoms with Crippen molar-refractivity contribution in [1.29, 1.82) is 0 Å². The van der Waals surface area contributed by atoms with Crippen molar-refractivity contribution in [1.82, 2.24) is 19.9 Å². The van der Waals surface area contributed by atoms with E-state index in [0.29, 0.717) is 31.1 Å². The first-order valence-electron chi connectivity index (χ1n) is 9.76. The van der Waals surface area contributed by atoms with Crippen molar-refractivity contribution in [3.8, 4) is 0 Å². The summed E-state index contributed by atoms with van der Waals surface area (Å²) in [6.45, 7) is 5.61. The van der Waals surface area contributed by atoms with Gasteiger partial charge in [-0.3, -0.25) is 9.78 Å². The Morgan fingerprint density at radius 2 is 1.86 bits per heavy atom. The number of carbonyl (C=O) groups is 1. The molecule has 0 spiro atoms. The van der Waals surface area contributed by atoms with Gasteiger partial charge in [0.1, 0.15) is 17.8 Å². The Kier molecular flexibility index (Phi) is 5.65. The summed E-state index contributed by atoms with van der Waals surface area (Å²) < 4.78 is 0. The van der Waals surface area contributed by atoms with Gasteiger partial charge in [0.05, 0.1) is 12.2 Å². The topological polar surface area (TPSA) is 74.2 Å². The summed E-state index contributed by atoms with van der Waals surface area (Å²) in [5.74, 6) is 0.560. The van der Waals surface area contributed by atoms with Crippen LogP contribution in [0.2, 0.25) is 0 Å². The molecule has 7 heteroatoms. The van der Waals surface area contributed by atoms with Crippen LogP contribution in [0, 0.1) is 6.92 Å². The predicted molar refractivity (Wildman–Crippen MR) is 113 cm³/mol. The number of benzene rings is 1. The van der Waals surface area contributed by atoms with E-state index in [9.17, 15) is 4.79 Å². The number of aryl methyl sites for hydroxylation is 1. The van der Waals surface area contributed by atoms with E-state index >= 15 is 0 Å². The van der Waals surface area contributed by atoms with Gasteiger partial charge >= 0.3 is 0 Å². The van der Waals surface area contributed by atoms with E-state index in [1.54, 1.807) is 12.3 Å². The highest BCUT2D eigenvalue weighted by Crippen LogP contribution is 2.18. The first kappa shape index (κ1) is 18.9. The zero-order valence-electron chi connectivity index (χ0n) is 16.5. The third kappa shape index (κ3) is 4.68. The number of hydrogen-bond acceptors (Lipinski definition) is 6. The monoisotopic (exact) mass is 388 g/mol. The van der Waals surface area contributed by atoms with Crippen molar-refractivity contribution in [2.45, 2.75) is 13.5 Å². The van der Waals surface area contributed by atoms with Gasteiger partial charge in [0.2, 0.25) is 0 Å². The molecule has 4 rings (SSSR count). The van der Waals surface area contributed by atoms with Gasteiger partial charge in [-0.25, -0.2) is 9.97 Å². The number of nitrogens with zero attached hydrogens (tertiary/aromatic N) is 5. The molecular formula is C22H24N6O. The molecule has 0 aliphatic carbocycles. The quantitative estimate of drug-likeness (QED) is 0.724. The summed E-state index contributed by atoms with van der Waals surface area (Å²) in [5, 5.41) is 3.20. The number of aromatic nitrogens is 3. The van der Waals surface area contributed by atoms with Gasteiger partial charge in [-0.15, -0.1) is 0 Å². The van der Waals surface area contributed by atoms with Crippen LogP contribution in [0.1, 0.15) is 21.7 Å². The van der Waals surface area contributed by atoms with E-state index in [1.807, 2.05) is 23.1 Å². The van der Waals surface area contributed by atoms with Gasteiger partial charge in [-0.2, -0.15) is 0 Å². The second-order valence-corrected chi connectivity index (χ2v) is 7.08. The van der Waals surface area contributed by atoms with Crippen molar-refractivity contribution >= 4 is 17.4 Å². The van der Waals surface area contributed by atoms with Crippen LogP contribution in [0.25, 0.3) is 0 Å². The van der Waals surface area contributed by atoms with Crippen LogP contribution < -0.4 is 10.2 Å². The maximum atomic E-state index is 12.9. The molecule has 1 aromatic carbocycles. The maximum Gasteiger partial charge on any atom is 0.272 e. The molecule has 0 unspecified atom stereocenters. The second-order valence-electron chi connectivity index (χ2n) is 7.08. The van der Waals surface area contributed by atoms with Crippen LogP contribution in [0.5, 0.6) is 0 Å². The summed E-state index contributed by atoms with van der Waals surface area (Å²) >= 11 is 0. The maximum absolute atomic E-state index is 12.9. The Morgan fingerprint density at radius 3 is 2.62 bits per heavy atom. The Bertz CT molecular complexity index is 970. The molecule has 1 aliphatic rings. The molecule has 1 saturated heterocycles. The molecule has 1 fully saturated rings. The van der Waals surface area contributed by atoms with Crippen LogP contribution in [0.3, 0.4) is 0 Å². The highest BCUT2D eigenvalue weighted by Gasteiger charge is 2.23. The lowest BCUT2D eigenvalue weighted by Gasteiger charge is -2.36. The van der Waals surface area contributed by atoms with Crippen LogP contribution in [0.4, 0.5) is 11.5 Å². The van der Waals surface area contributed by atoms with Gasteiger partial charge in [0.15, 0.2) is 0 Å². The van der Waals surface area contributed by atoms with Crippen molar-refractivity contribution in [2.24, 2.45) is 0 Å². The minimum atomic E-state index is -0.0582. The summed E-state index contributed by atoms with van der Waals surface area (Å²) in [6, 6.07) is 15.9.